The van der Waals surface area contributed by atoms with Crippen molar-refractivity contribution in [2.24, 2.45) is 0 Å². The van der Waals surface area contributed by atoms with E-state index in [4.69, 9.17) is 26.0 Å². The van der Waals surface area contributed by atoms with E-state index < -0.39 is 45.6 Å². The molecule has 1 amide bonds. The van der Waals surface area contributed by atoms with Gasteiger partial charge in [0.2, 0.25) is 5.91 Å². The summed E-state index contributed by atoms with van der Waals surface area (Å²) < 4.78 is 21.9. The quantitative estimate of drug-likeness (QED) is 0.193. The van der Waals surface area contributed by atoms with Gasteiger partial charge in [-0.15, -0.1) is 12.3 Å². The third-order valence-corrected chi connectivity index (χ3v) is 6.17. The summed E-state index contributed by atoms with van der Waals surface area (Å²) in [5.41, 5.74) is 0. The number of aliphatic hydroxyl groups excluding tert-OH is 1. The van der Waals surface area contributed by atoms with E-state index in [2.05, 4.69) is 11.2 Å². The number of hydrogen-bond donors (Lipinski definition) is 6. The van der Waals surface area contributed by atoms with E-state index in [1.54, 1.807) is 0 Å². The minimum Gasteiger partial charge on any atom is -0.374 e. The first-order valence-corrected chi connectivity index (χ1v) is 8.86. The third kappa shape index (κ3) is 7.78. The van der Waals surface area contributed by atoms with Crippen LogP contribution < -0.4 is 5.32 Å². The van der Waals surface area contributed by atoms with Crippen LogP contribution in [0.2, 0.25) is 0 Å². The molecule has 9 nitrogen and oxygen atoms in total. The SMILES string of the molecule is C#CCCC(=O)NC(O)CCC(P(=O)(O)O)P(=O)(O)O. The van der Waals surface area contributed by atoms with E-state index in [9.17, 15) is 19.0 Å². The average molecular weight is 329 g/mol. The molecule has 20 heavy (non-hydrogen) atoms. The van der Waals surface area contributed by atoms with Crippen molar-refractivity contribution in [1.82, 2.24) is 5.32 Å². The van der Waals surface area contributed by atoms with E-state index in [-0.39, 0.29) is 12.8 Å². The summed E-state index contributed by atoms with van der Waals surface area (Å²) in [5, 5.41) is 9.30. The molecule has 0 rings (SSSR count). The van der Waals surface area contributed by atoms with Crippen molar-refractivity contribution < 1.29 is 38.6 Å². The number of amides is 1. The van der Waals surface area contributed by atoms with Gasteiger partial charge in [-0.3, -0.25) is 13.9 Å². The van der Waals surface area contributed by atoms with Gasteiger partial charge in [-0.25, -0.2) is 0 Å². The lowest BCUT2D eigenvalue weighted by molar-refractivity contribution is -0.124. The molecular formula is C9H17NO8P2. The van der Waals surface area contributed by atoms with Crippen LogP contribution in [0.4, 0.5) is 0 Å². The normalized spacial score (nSPS) is 13.8. The van der Waals surface area contributed by atoms with Gasteiger partial charge in [0.15, 0.2) is 5.40 Å². The molecule has 1 atom stereocenters. The van der Waals surface area contributed by atoms with Crippen LogP contribution >= 0.6 is 15.2 Å². The van der Waals surface area contributed by atoms with Gasteiger partial charge in [-0.05, 0) is 12.8 Å². The number of carbonyl (C=O) groups is 1. The van der Waals surface area contributed by atoms with Gasteiger partial charge in [-0.2, -0.15) is 0 Å². The van der Waals surface area contributed by atoms with Crippen LogP contribution in [0.1, 0.15) is 25.7 Å². The summed E-state index contributed by atoms with van der Waals surface area (Å²) in [7, 11) is -10.0. The molecule has 0 spiro atoms. The Hall–Kier alpha value is -0.710. The van der Waals surface area contributed by atoms with Crippen molar-refractivity contribution in [1.29, 1.82) is 0 Å². The fourth-order valence-corrected chi connectivity index (χ4v) is 3.89. The number of carbonyl (C=O) groups excluding carboxylic acids is 1. The number of nitrogens with one attached hydrogen (secondary N) is 1. The van der Waals surface area contributed by atoms with Crippen molar-refractivity contribution in [3.05, 3.63) is 0 Å². The smallest absolute Gasteiger partial charge is 0.340 e. The van der Waals surface area contributed by atoms with E-state index in [1.165, 1.54) is 0 Å². The maximum atomic E-state index is 11.2. The Bertz CT molecular complexity index is 439. The van der Waals surface area contributed by atoms with Crippen molar-refractivity contribution in [2.45, 2.75) is 37.3 Å². The minimum absolute atomic E-state index is 0.0338. The van der Waals surface area contributed by atoms with E-state index >= 15 is 0 Å². The van der Waals surface area contributed by atoms with Crippen LogP contribution in [0.25, 0.3) is 0 Å². The largest absolute Gasteiger partial charge is 0.374 e. The van der Waals surface area contributed by atoms with Crippen LogP contribution in [0.3, 0.4) is 0 Å². The summed E-state index contributed by atoms with van der Waals surface area (Å²) in [4.78, 5) is 46.6. The lowest BCUT2D eigenvalue weighted by Gasteiger charge is -2.21. The van der Waals surface area contributed by atoms with Gasteiger partial charge in [0.05, 0.1) is 0 Å². The third-order valence-electron chi connectivity index (χ3n) is 2.30. The molecule has 0 aromatic heterocycles. The second kappa shape index (κ2) is 7.91. The molecule has 6 N–H and O–H groups in total. The van der Waals surface area contributed by atoms with E-state index in [0.717, 1.165) is 0 Å². The Balaban J connectivity index is 4.44. The van der Waals surface area contributed by atoms with E-state index in [0.29, 0.717) is 0 Å². The van der Waals surface area contributed by atoms with Gasteiger partial charge < -0.3 is 30.0 Å². The maximum Gasteiger partial charge on any atom is 0.340 e. The molecule has 0 bridgehead atoms. The van der Waals surface area contributed by atoms with Crippen molar-refractivity contribution in [3.8, 4) is 12.3 Å². The summed E-state index contributed by atoms with van der Waals surface area (Å²) >= 11 is 0. The fraction of sp³-hybridized carbons (Fsp3) is 0.667. The molecule has 0 aliphatic heterocycles. The highest BCUT2D eigenvalue weighted by molar-refractivity contribution is 7.70. The van der Waals surface area contributed by atoms with Crippen molar-refractivity contribution >= 4 is 21.1 Å². The second-order valence-electron chi connectivity index (χ2n) is 4.02. The molecule has 11 heteroatoms. The first-order chi connectivity index (χ1) is 8.98. The number of aliphatic hydroxyl groups is 1. The predicted molar refractivity (Wildman–Crippen MR) is 69.3 cm³/mol. The highest BCUT2D eigenvalue weighted by atomic mass is 31.2. The molecule has 0 heterocycles. The number of terminal acetylenes is 1. The second-order valence-corrected chi connectivity index (χ2v) is 8.03. The minimum atomic E-state index is -5.02. The Kier molecular flexibility index (Phi) is 7.63. The van der Waals surface area contributed by atoms with Crippen LogP contribution in [0.15, 0.2) is 0 Å². The van der Waals surface area contributed by atoms with Crippen LogP contribution in [0.5, 0.6) is 0 Å². The fourth-order valence-electron chi connectivity index (χ4n) is 1.36. The van der Waals surface area contributed by atoms with Gasteiger partial charge in [-0.1, -0.05) is 0 Å². The summed E-state index contributed by atoms with van der Waals surface area (Å²) in [5.74, 6) is 1.64. The van der Waals surface area contributed by atoms with Crippen LogP contribution in [-0.2, 0) is 13.9 Å². The van der Waals surface area contributed by atoms with Gasteiger partial charge in [0.1, 0.15) is 6.23 Å². The van der Waals surface area contributed by atoms with Crippen molar-refractivity contribution in [3.63, 3.8) is 0 Å². The molecule has 0 aromatic carbocycles. The van der Waals surface area contributed by atoms with Gasteiger partial charge >= 0.3 is 15.2 Å². The molecule has 0 saturated carbocycles. The molecule has 1 unspecified atom stereocenters. The average Bonchev–Trinajstić information content (AvgIpc) is 2.22. The van der Waals surface area contributed by atoms with Gasteiger partial charge in [0, 0.05) is 12.8 Å². The molecule has 0 saturated heterocycles. The summed E-state index contributed by atoms with van der Waals surface area (Å²) in [6.07, 6.45) is 2.53. The molecule has 116 valence electrons. The lowest BCUT2D eigenvalue weighted by atomic mass is 10.2. The zero-order valence-electron chi connectivity index (χ0n) is 10.4. The standard InChI is InChI=1S/C9H17NO8P2/c1-2-3-4-7(11)10-8(12)5-6-9(19(13,14)15)20(16,17)18/h1,8-9,12H,3-6H2,(H,10,11)(H2,13,14,15)(H2,16,17,18). The Morgan fingerprint density at radius 1 is 1.15 bits per heavy atom. The first kappa shape index (κ1) is 19.3. The molecule has 0 aliphatic carbocycles. The highest BCUT2D eigenvalue weighted by Crippen LogP contribution is 2.61. The highest BCUT2D eigenvalue weighted by Gasteiger charge is 2.43. The van der Waals surface area contributed by atoms with E-state index in [1.807, 2.05) is 0 Å². The monoisotopic (exact) mass is 329 g/mol. The zero-order chi connectivity index (χ0) is 16.0. The Morgan fingerprint density at radius 2 is 1.65 bits per heavy atom. The molecular weight excluding hydrogens is 312 g/mol. The number of rotatable bonds is 8. The Morgan fingerprint density at radius 3 is 2.05 bits per heavy atom. The first-order valence-electron chi connectivity index (χ1n) is 5.49. The van der Waals surface area contributed by atoms with Crippen LogP contribution in [0, 0.1) is 12.3 Å². The molecule has 0 radical (unpaired) electrons. The zero-order valence-corrected chi connectivity index (χ0v) is 12.2. The van der Waals surface area contributed by atoms with Crippen molar-refractivity contribution in [2.75, 3.05) is 0 Å². The predicted octanol–water partition coefficient (Wildman–Crippen LogP) is -0.704. The molecule has 0 aromatic rings. The summed E-state index contributed by atoms with van der Waals surface area (Å²) in [6.45, 7) is 0. The van der Waals surface area contributed by atoms with Gasteiger partial charge in [0.25, 0.3) is 0 Å². The summed E-state index contributed by atoms with van der Waals surface area (Å²) in [6, 6.07) is 0. The Labute approximate surface area is 115 Å². The molecule has 0 fully saturated rings. The topological polar surface area (TPSA) is 164 Å². The maximum absolute atomic E-state index is 11.2. The van der Waals surface area contributed by atoms with Crippen LogP contribution in [-0.4, -0.2) is 42.2 Å². The molecule has 0 aliphatic rings. The number of hydrogen-bond acceptors (Lipinski definition) is 4. The lowest BCUT2D eigenvalue weighted by Crippen LogP contribution is -2.35.